The molecule has 17 heavy (non-hydrogen) atoms. The summed E-state index contributed by atoms with van der Waals surface area (Å²) in [6.45, 7) is 6.97. The monoisotopic (exact) mass is 256 g/mol. The summed E-state index contributed by atoms with van der Waals surface area (Å²) in [6, 6.07) is 0. The first-order chi connectivity index (χ1) is 8.10. The number of ether oxygens (including phenoxy) is 1. The van der Waals surface area contributed by atoms with E-state index >= 15 is 0 Å². The van der Waals surface area contributed by atoms with Crippen LogP contribution < -0.4 is 4.74 Å². The summed E-state index contributed by atoms with van der Waals surface area (Å²) in [6.07, 6.45) is 2.56. The van der Waals surface area contributed by atoms with Crippen molar-refractivity contribution in [1.29, 1.82) is 0 Å². The summed E-state index contributed by atoms with van der Waals surface area (Å²) in [4.78, 5) is 12.1. The Labute approximate surface area is 107 Å². The Bertz CT molecular complexity index is 375. The standard InChI is InChI=1S/C12H20N2O2S/c1-5-6-14-12(11(16-4)7-13-14)10(15)8-17-9(2)3/h7,9H,5-6,8H2,1-4H3. The molecule has 0 saturated heterocycles. The van der Waals surface area contributed by atoms with Crippen LogP contribution in [0.2, 0.25) is 0 Å². The van der Waals surface area contributed by atoms with Crippen LogP contribution >= 0.6 is 11.8 Å². The molecule has 0 spiro atoms. The highest BCUT2D eigenvalue weighted by Gasteiger charge is 2.19. The quantitative estimate of drug-likeness (QED) is 0.703. The molecule has 0 atom stereocenters. The van der Waals surface area contributed by atoms with Gasteiger partial charge in [0.05, 0.1) is 19.1 Å². The number of carbonyl (C=O) groups is 1. The van der Waals surface area contributed by atoms with Crippen LogP contribution in [-0.2, 0) is 6.54 Å². The van der Waals surface area contributed by atoms with Crippen molar-refractivity contribution in [2.75, 3.05) is 12.9 Å². The van der Waals surface area contributed by atoms with E-state index in [1.165, 1.54) is 0 Å². The van der Waals surface area contributed by atoms with Crippen molar-refractivity contribution < 1.29 is 9.53 Å². The number of hydrogen-bond donors (Lipinski definition) is 0. The number of aryl methyl sites for hydroxylation is 1. The SMILES string of the molecule is CCCn1ncc(OC)c1C(=O)CSC(C)C. The molecule has 0 aliphatic rings. The topological polar surface area (TPSA) is 44.1 Å². The van der Waals surface area contributed by atoms with Crippen LogP contribution in [0, 0.1) is 0 Å². The normalized spacial score (nSPS) is 10.9. The number of methoxy groups -OCH3 is 1. The lowest BCUT2D eigenvalue weighted by Crippen LogP contribution is -2.14. The van der Waals surface area contributed by atoms with Gasteiger partial charge < -0.3 is 4.74 Å². The largest absolute Gasteiger partial charge is 0.493 e. The van der Waals surface area contributed by atoms with Gasteiger partial charge in [-0.2, -0.15) is 16.9 Å². The number of thioether (sulfide) groups is 1. The van der Waals surface area contributed by atoms with Gasteiger partial charge in [-0.3, -0.25) is 9.48 Å². The summed E-state index contributed by atoms with van der Waals surface area (Å²) in [5.74, 6) is 1.14. The summed E-state index contributed by atoms with van der Waals surface area (Å²) in [7, 11) is 1.57. The van der Waals surface area contributed by atoms with Gasteiger partial charge in [0.1, 0.15) is 5.69 Å². The van der Waals surface area contributed by atoms with Gasteiger partial charge in [0.25, 0.3) is 0 Å². The highest BCUT2D eigenvalue weighted by molar-refractivity contribution is 8.00. The van der Waals surface area contributed by atoms with Crippen LogP contribution in [0.3, 0.4) is 0 Å². The van der Waals surface area contributed by atoms with Crippen molar-refractivity contribution in [2.45, 2.75) is 39.0 Å². The van der Waals surface area contributed by atoms with Crippen LogP contribution in [0.4, 0.5) is 0 Å². The Morgan fingerprint density at radius 1 is 1.59 bits per heavy atom. The van der Waals surface area contributed by atoms with Crippen LogP contribution in [0.15, 0.2) is 6.20 Å². The van der Waals surface area contributed by atoms with E-state index in [0.717, 1.165) is 13.0 Å². The van der Waals surface area contributed by atoms with E-state index in [2.05, 4.69) is 25.9 Å². The lowest BCUT2D eigenvalue weighted by Gasteiger charge is -2.08. The number of hydrogen-bond acceptors (Lipinski definition) is 4. The molecule has 1 aromatic heterocycles. The lowest BCUT2D eigenvalue weighted by atomic mass is 10.3. The zero-order valence-corrected chi connectivity index (χ0v) is 11.7. The van der Waals surface area contributed by atoms with Gasteiger partial charge in [-0.15, -0.1) is 0 Å². The first-order valence-electron chi connectivity index (χ1n) is 5.84. The minimum absolute atomic E-state index is 0.0894. The predicted octanol–water partition coefficient (Wildman–Crippen LogP) is 2.63. The van der Waals surface area contributed by atoms with Crippen molar-refractivity contribution in [3.8, 4) is 5.75 Å². The molecule has 1 rings (SSSR count). The molecule has 5 heteroatoms. The Hall–Kier alpha value is -0.970. The van der Waals surface area contributed by atoms with Gasteiger partial charge in [-0.25, -0.2) is 0 Å². The van der Waals surface area contributed by atoms with Crippen molar-refractivity contribution in [3.63, 3.8) is 0 Å². The van der Waals surface area contributed by atoms with Gasteiger partial charge in [0.15, 0.2) is 11.5 Å². The molecule has 0 aliphatic heterocycles. The number of rotatable bonds is 7. The Morgan fingerprint density at radius 2 is 2.29 bits per heavy atom. The maximum Gasteiger partial charge on any atom is 0.194 e. The molecule has 0 aromatic carbocycles. The number of Topliss-reactive ketones (excluding diaryl/α,β-unsaturated/α-hetero) is 1. The molecular formula is C12H20N2O2S. The van der Waals surface area contributed by atoms with Crippen LogP contribution in [0.25, 0.3) is 0 Å². The second-order valence-corrected chi connectivity index (χ2v) is 5.63. The number of nitrogens with zero attached hydrogens (tertiary/aromatic N) is 2. The van der Waals surface area contributed by atoms with Gasteiger partial charge >= 0.3 is 0 Å². The van der Waals surface area contributed by atoms with Gasteiger partial charge in [-0.05, 0) is 11.7 Å². The van der Waals surface area contributed by atoms with E-state index in [4.69, 9.17) is 4.74 Å². The van der Waals surface area contributed by atoms with E-state index in [9.17, 15) is 4.79 Å². The number of carbonyl (C=O) groups excluding carboxylic acids is 1. The van der Waals surface area contributed by atoms with Gasteiger partial charge in [0, 0.05) is 6.54 Å². The van der Waals surface area contributed by atoms with E-state index in [1.807, 2.05) is 0 Å². The second-order valence-electron chi connectivity index (χ2n) is 4.07. The molecule has 0 saturated carbocycles. The third-order valence-corrected chi connectivity index (χ3v) is 3.37. The lowest BCUT2D eigenvalue weighted by molar-refractivity contribution is 0.100. The third-order valence-electron chi connectivity index (χ3n) is 2.27. The van der Waals surface area contributed by atoms with Crippen LogP contribution in [0.5, 0.6) is 5.75 Å². The molecular weight excluding hydrogens is 236 g/mol. The van der Waals surface area contributed by atoms with Crippen LogP contribution in [-0.4, -0.2) is 33.7 Å². The maximum absolute atomic E-state index is 12.1. The van der Waals surface area contributed by atoms with E-state index in [1.54, 1.807) is 29.8 Å². The Kier molecular flexibility index (Phi) is 5.55. The molecule has 0 fully saturated rings. The molecule has 0 N–H and O–H groups in total. The highest BCUT2D eigenvalue weighted by Crippen LogP contribution is 2.21. The average Bonchev–Trinajstić information content (AvgIpc) is 2.69. The fraction of sp³-hybridized carbons (Fsp3) is 0.667. The van der Waals surface area contributed by atoms with Crippen LogP contribution in [0.1, 0.15) is 37.7 Å². The van der Waals surface area contributed by atoms with E-state index in [-0.39, 0.29) is 5.78 Å². The Morgan fingerprint density at radius 3 is 2.82 bits per heavy atom. The molecule has 96 valence electrons. The summed E-state index contributed by atoms with van der Waals surface area (Å²) >= 11 is 1.64. The zero-order chi connectivity index (χ0) is 12.8. The first kappa shape index (κ1) is 14.1. The smallest absolute Gasteiger partial charge is 0.194 e. The molecule has 0 unspecified atom stereocenters. The summed E-state index contributed by atoms with van der Waals surface area (Å²) in [5.41, 5.74) is 0.600. The van der Waals surface area contributed by atoms with Crippen molar-refractivity contribution >= 4 is 17.5 Å². The highest BCUT2D eigenvalue weighted by atomic mass is 32.2. The second kappa shape index (κ2) is 6.69. The van der Waals surface area contributed by atoms with Crippen molar-refractivity contribution in [2.24, 2.45) is 0 Å². The van der Waals surface area contributed by atoms with E-state index < -0.39 is 0 Å². The zero-order valence-electron chi connectivity index (χ0n) is 10.9. The average molecular weight is 256 g/mol. The number of ketones is 1. The summed E-state index contributed by atoms with van der Waals surface area (Å²) < 4.78 is 6.92. The minimum atomic E-state index is 0.0894. The number of aromatic nitrogens is 2. The molecule has 0 amide bonds. The van der Waals surface area contributed by atoms with Gasteiger partial charge in [-0.1, -0.05) is 20.8 Å². The predicted molar refractivity (Wildman–Crippen MR) is 71.0 cm³/mol. The molecule has 1 aromatic rings. The molecule has 0 bridgehead atoms. The van der Waals surface area contributed by atoms with Crippen molar-refractivity contribution in [1.82, 2.24) is 9.78 Å². The summed E-state index contributed by atoms with van der Waals surface area (Å²) in [5, 5.41) is 4.64. The van der Waals surface area contributed by atoms with Gasteiger partial charge in [0.2, 0.25) is 0 Å². The fourth-order valence-electron chi connectivity index (χ4n) is 1.49. The maximum atomic E-state index is 12.1. The fourth-order valence-corrected chi connectivity index (χ4v) is 2.11. The van der Waals surface area contributed by atoms with E-state index in [0.29, 0.717) is 22.4 Å². The minimum Gasteiger partial charge on any atom is -0.493 e. The Balaban J connectivity index is 2.85. The molecule has 1 heterocycles. The first-order valence-corrected chi connectivity index (χ1v) is 6.89. The van der Waals surface area contributed by atoms with Crippen molar-refractivity contribution in [3.05, 3.63) is 11.9 Å². The third kappa shape index (κ3) is 3.77. The molecule has 0 aliphatic carbocycles. The molecule has 4 nitrogen and oxygen atoms in total. The molecule has 0 radical (unpaired) electrons.